The van der Waals surface area contributed by atoms with Crippen LogP contribution in [0.4, 0.5) is 5.69 Å². The summed E-state index contributed by atoms with van der Waals surface area (Å²) in [7, 11) is 3.77. The van der Waals surface area contributed by atoms with Gasteiger partial charge in [0.2, 0.25) is 5.91 Å². The van der Waals surface area contributed by atoms with Crippen molar-refractivity contribution in [2.24, 2.45) is 7.05 Å². The van der Waals surface area contributed by atoms with E-state index in [1.54, 1.807) is 18.0 Å². The highest BCUT2D eigenvalue weighted by Gasteiger charge is 2.43. The average Bonchev–Trinajstić information content (AvgIpc) is 3.14. The molecule has 4 aromatic rings. The zero-order chi connectivity index (χ0) is 23.3. The number of anilines is 1. The molecule has 0 bridgehead atoms. The first-order valence-electron chi connectivity index (χ1n) is 10.8. The van der Waals surface area contributed by atoms with E-state index in [1.807, 2.05) is 68.7 Å². The second-order valence-electron chi connectivity index (χ2n) is 8.61. The Labute approximate surface area is 201 Å². The number of hydrogen-bond acceptors (Lipinski definition) is 2. The lowest BCUT2D eigenvalue weighted by molar-refractivity contribution is -0.119. The third-order valence-electron chi connectivity index (χ3n) is 6.49. The van der Waals surface area contributed by atoms with Crippen LogP contribution in [0.2, 0.25) is 0 Å². The van der Waals surface area contributed by atoms with E-state index in [2.05, 4.69) is 37.9 Å². The Morgan fingerprint density at radius 2 is 1.70 bits per heavy atom. The van der Waals surface area contributed by atoms with Crippen LogP contribution in [0.25, 0.3) is 10.9 Å². The Kier molecular flexibility index (Phi) is 5.33. The summed E-state index contributed by atoms with van der Waals surface area (Å²) in [6.07, 6.45) is 2.04. The maximum absolute atomic E-state index is 13.9. The topological polar surface area (TPSA) is 54.3 Å². The average molecular weight is 502 g/mol. The van der Waals surface area contributed by atoms with Crippen molar-refractivity contribution in [3.05, 3.63) is 99.7 Å². The minimum absolute atomic E-state index is 0.0795. The fourth-order valence-corrected chi connectivity index (χ4v) is 5.48. The number of likely N-dealkylation sites (N-methyl/N-ethyl adjacent to an activating group) is 1. The molecule has 2 heterocycles. The van der Waals surface area contributed by atoms with Crippen molar-refractivity contribution in [1.29, 1.82) is 0 Å². The normalized spacial score (nSPS) is 17.8. The molecule has 0 unspecified atom stereocenters. The number of aryl methyl sites for hydroxylation is 2. The van der Waals surface area contributed by atoms with Gasteiger partial charge in [-0.15, -0.1) is 0 Å². The lowest BCUT2D eigenvalue weighted by atomic mass is 9.79. The molecule has 6 heteroatoms. The van der Waals surface area contributed by atoms with Gasteiger partial charge in [-0.25, -0.2) is 0 Å². The molecule has 166 valence electrons. The number of amides is 2. The van der Waals surface area contributed by atoms with Gasteiger partial charge in [0.25, 0.3) is 5.91 Å². The number of nitrogens with one attached hydrogen (secondary N) is 1. The highest BCUT2D eigenvalue weighted by molar-refractivity contribution is 9.10. The van der Waals surface area contributed by atoms with Crippen LogP contribution in [0.5, 0.6) is 0 Å². The number of rotatable bonds is 3. The van der Waals surface area contributed by atoms with Crippen LogP contribution in [-0.4, -0.2) is 28.3 Å². The third-order valence-corrected chi connectivity index (χ3v) is 7.15. The first-order valence-corrected chi connectivity index (χ1v) is 11.6. The SMILES string of the molecule is Cc1ccc(NC(=O)[C@@H]2c3ccccc3C(=O)N(C)[C@@H]2c2cn(C)c3ccccc23)c(Br)c1. The van der Waals surface area contributed by atoms with Crippen LogP contribution in [0.1, 0.15) is 39.0 Å². The van der Waals surface area contributed by atoms with Crippen molar-refractivity contribution in [2.75, 3.05) is 12.4 Å². The molecule has 2 atom stereocenters. The molecule has 33 heavy (non-hydrogen) atoms. The van der Waals surface area contributed by atoms with Crippen molar-refractivity contribution in [2.45, 2.75) is 18.9 Å². The second kappa shape index (κ2) is 8.19. The maximum Gasteiger partial charge on any atom is 0.254 e. The lowest BCUT2D eigenvalue weighted by Crippen LogP contribution is -2.44. The van der Waals surface area contributed by atoms with Crippen molar-refractivity contribution in [3.8, 4) is 0 Å². The Morgan fingerprint density at radius 1 is 0.970 bits per heavy atom. The predicted octanol–water partition coefficient (Wildman–Crippen LogP) is 5.80. The molecule has 5 nitrogen and oxygen atoms in total. The van der Waals surface area contributed by atoms with Gasteiger partial charge in [0, 0.05) is 46.8 Å². The number of carbonyl (C=O) groups excluding carboxylic acids is 2. The molecule has 0 aliphatic carbocycles. The zero-order valence-corrected chi connectivity index (χ0v) is 20.3. The minimum atomic E-state index is -0.567. The van der Waals surface area contributed by atoms with Crippen LogP contribution in [-0.2, 0) is 11.8 Å². The largest absolute Gasteiger partial charge is 0.350 e. The molecular weight excluding hydrogens is 478 g/mol. The van der Waals surface area contributed by atoms with Gasteiger partial charge in [-0.05, 0) is 58.2 Å². The van der Waals surface area contributed by atoms with Gasteiger partial charge >= 0.3 is 0 Å². The van der Waals surface area contributed by atoms with Crippen molar-refractivity contribution in [1.82, 2.24) is 9.47 Å². The number of carbonyl (C=O) groups is 2. The predicted molar refractivity (Wildman–Crippen MR) is 134 cm³/mol. The van der Waals surface area contributed by atoms with E-state index in [1.165, 1.54) is 0 Å². The van der Waals surface area contributed by atoms with Gasteiger partial charge in [0.15, 0.2) is 0 Å². The lowest BCUT2D eigenvalue weighted by Gasteiger charge is -2.39. The zero-order valence-electron chi connectivity index (χ0n) is 18.7. The van der Waals surface area contributed by atoms with E-state index in [0.29, 0.717) is 11.3 Å². The first-order chi connectivity index (χ1) is 15.9. The van der Waals surface area contributed by atoms with Gasteiger partial charge in [-0.2, -0.15) is 0 Å². The number of benzene rings is 3. The fourth-order valence-electron chi connectivity index (χ4n) is 4.89. The smallest absolute Gasteiger partial charge is 0.254 e. The van der Waals surface area contributed by atoms with Crippen LogP contribution < -0.4 is 5.32 Å². The molecule has 0 spiro atoms. The monoisotopic (exact) mass is 501 g/mol. The number of nitrogens with zero attached hydrogens (tertiary/aromatic N) is 2. The molecule has 1 aromatic heterocycles. The number of halogens is 1. The van der Waals surface area contributed by atoms with Gasteiger partial charge in [0.05, 0.1) is 17.6 Å². The minimum Gasteiger partial charge on any atom is -0.350 e. The van der Waals surface area contributed by atoms with Gasteiger partial charge in [-0.1, -0.05) is 42.5 Å². The van der Waals surface area contributed by atoms with E-state index in [0.717, 1.165) is 32.1 Å². The van der Waals surface area contributed by atoms with Crippen LogP contribution in [0.3, 0.4) is 0 Å². The van der Waals surface area contributed by atoms with Crippen molar-refractivity contribution < 1.29 is 9.59 Å². The second-order valence-corrected chi connectivity index (χ2v) is 9.47. The highest BCUT2D eigenvalue weighted by Crippen LogP contribution is 2.45. The van der Waals surface area contributed by atoms with Crippen molar-refractivity contribution in [3.63, 3.8) is 0 Å². The molecule has 0 fully saturated rings. The molecule has 1 N–H and O–H groups in total. The summed E-state index contributed by atoms with van der Waals surface area (Å²) >= 11 is 3.57. The van der Waals surface area contributed by atoms with E-state index in [-0.39, 0.29) is 11.8 Å². The Morgan fingerprint density at radius 3 is 2.48 bits per heavy atom. The third kappa shape index (κ3) is 3.55. The Bertz CT molecular complexity index is 1410. The summed E-state index contributed by atoms with van der Waals surface area (Å²) in [5.74, 6) is -0.795. The van der Waals surface area contributed by atoms with Gasteiger partial charge < -0.3 is 14.8 Å². The molecule has 1 aliphatic rings. The van der Waals surface area contributed by atoms with Crippen LogP contribution in [0.15, 0.2) is 77.4 Å². The van der Waals surface area contributed by atoms with Gasteiger partial charge in [-0.3, -0.25) is 9.59 Å². The van der Waals surface area contributed by atoms with E-state index in [9.17, 15) is 9.59 Å². The fraction of sp³-hybridized carbons (Fsp3) is 0.185. The summed E-state index contributed by atoms with van der Waals surface area (Å²) in [5.41, 5.74) is 5.15. The van der Waals surface area contributed by atoms with Gasteiger partial charge in [0.1, 0.15) is 0 Å². The van der Waals surface area contributed by atoms with E-state index in [4.69, 9.17) is 0 Å². The van der Waals surface area contributed by atoms with Crippen molar-refractivity contribution >= 4 is 44.3 Å². The summed E-state index contributed by atoms with van der Waals surface area (Å²) in [4.78, 5) is 28.9. The summed E-state index contributed by atoms with van der Waals surface area (Å²) in [5, 5.41) is 4.15. The van der Waals surface area contributed by atoms with E-state index < -0.39 is 12.0 Å². The Balaban J connectivity index is 1.67. The molecule has 0 saturated heterocycles. The van der Waals surface area contributed by atoms with E-state index >= 15 is 0 Å². The summed E-state index contributed by atoms with van der Waals surface area (Å²) in [6.45, 7) is 2.00. The molecule has 5 rings (SSSR count). The first kappa shape index (κ1) is 21.5. The molecule has 1 aliphatic heterocycles. The number of hydrogen-bond donors (Lipinski definition) is 1. The molecule has 3 aromatic carbocycles. The highest BCUT2D eigenvalue weighted by atomic mass is 79.9. The summed E-state index contributed by atoms with van der Waals surface area (Å²) < 4.78 is 2.88. The van der Waals surface area contributed by atoms with Crippen LogP contribution in [0, 0.1) is 6.92 Å². The quantitative estimate of drug-likeness (QED) is 0.385. The number of para-hydroxylation sites is 1. The molecule has 2 amide bonds. The molecular formula is C27H24BrN3O2. The molecule has 0 saturated carbocycles. The number of aromatic nitrogens is 1. The maximum atomic E-state index is 13.9. The number of fused-ring (bicyclic) bond motifs is 2. The Hall–Kier alpha value is -3.38. The molecule has 0 radical (unpaired) electrons. The summed E-state index contributed by atoms with van der Waals surface area (Å²) in [6, 6.07) is 20.9. The van der Waals surface area contributed by atoms with Crippen LogP contribution >= 0.6 is 15.9 Å². The standard InChI is InChI=1S/C27H24BrN3O2/c1-16-12-13-22(21(28)14-16)29-26(32)24-18-9-4-5-10-19(18)27(33)31(3)25(24)20-15-30(2)23-11-7-6-8-17(20)23/h4-15,24-25H,1-3H3,(H,29,32)/t24-,25-/m1/s1.